The minimum atomic E-state index is -3.97. The fraction of sp³-hybridized carbons (Fsp3) is 0.280. The number of hydrogen-bond acceptors (Lipinski definition) is 9. The quantitative estimate of drug-likeness (QED) is 0.340. The van der Waals surface area contributed by atoms with Crippen molar-refractivity contribution in [3.63, 3.8) is 0 Å². The summed E-state index contributed by atoms with van der Waals surface area (Å²) < 4.78 is 24.2. The molecule has 1 amide bonds. The molecule has 0 unspecified atom stereocenters. The summed E-state index contributed by atoms with van der Waals surface area (Å²) in [6.07, 6.45) is 5.25. The minimum Gasteiger partial charge on any atom is -0.369 e. The van der Waals surface area contributed by atoms with Crippen LogP contribution >= 0.6 is 0 Å². The SMILES string of the molecule is O=C(CCNC(=O)c1ccc(N2CCC[C@H](Nc3ncccn3)C2)cc1)ONS(=O)(=O)c1ccccc1. The Hall–Kier alpha value is -4.03. The maximum atomic E-state index is 12.5. The van der Waals surface area contributed by atoms with Gasteiger partial charge >= 0.3 is 5.97 Å². The predicted octanol–water partition coefficient (Wildman–Crippen LogP) is 2.11. The molecule has 1 saturated heterocycles. The van der Waals surface area contributed by atoms with E-state index in [0.29, 0.717) is 11.5 Å². The monoisotopic (exact) mass is 524 g/mol. The molecule has 0 spiro atoms. The minimum absolute atomic E-state index is 0.00643. The molecule has 0 saturated carbocycles. The summed E-state index contributed by atoms with van der Waals surface area (Å²) in [5.74, 6) is -0.549. The van der Waals surface area contributed by atoms with E-state index in [1.165, 1.54) is 12.1 Å². The first kappa shape index (κ1) is 26.0. The van der Waals surface area contributed by atoms with Crippen LogP contribution in [0.25, 0.3) is 0 Å². The van der Waals surface area contributed by atoms with Crippen molar-refractivity contribution in [1.29, 1.82) is 0 Å². The van der Waals surface area contributed by atoms with E-state index in [1.54, 1.807) is 53.7 Å². The van der Waals surface area contributed by atoms with Gasteiger partial charge in [-0.1, -0.05) is 18.2 Å². The van der Waals surface area contributed by atoms with Gasteiger partial charge in [-0.2, -0.15) is 0 Å². The van der Waals surface area contributed by atoms with Gasteiger partial charge in [0.25, 0.3) is 15.9 Å². The number of carbonyl (C=O) groups is 2. The Kier molecular flexibility index (Phi) is 8.64. The van der Waals surface area contributed by atoms with Crippen molar-refractivity contribution < 1.29 is 22.8 Å². The van der Waals surface area contributed by atoms with Crippen molar-refractivity contribution in [3.8, 4) is 0 Å². The number of rotatable bonds is 10. The van der Waals surface area contributed by atoms with Crippen molar-refractivity contribution >= 4 is 33.5 Å². The molecule has 3 N–H and O–H groups in total. The third-order valence-corrected chi connectivity index (χ3v) is 6.94. The lowest BCUT2D eigenvalue weighted by Gasteiger charge is -2.34. The summed E-state index contributed by atoms with van der Waals surface area (Å²) in [6, 6.07) is 16.8. The first-order valence-corrected chi connectivity index (χ1v) is 13.3. The van der Waals surface area contributed by atoms with Gasteiger partial charge in [0, 0.05) is 49.3 Å². The zero-order chi connectivity index (χ0) is 26.1. The third kappa shape index (κ3) is 7.48. The number of nitrogens with one attached hydrogen (secondary N) is 3. The molecule has 194 valence electrons. The molecule has 1 aromatic heterocycles. The van der Waals surface area contributed by atoms with Crippen molar-refractivity contribution in [3.05, 3.63) is 78.6 Å². The Morgan fingerprint density at radius 1 is 1.00 bits per heavy atom. The van der Waals surface area contributed by atoms with E-state index in [2.05, 4.69) is 30.3 Å². The Balaban J connectivity index is 1.21. The number of piperidine rings is 1. The molecular formula is C25H28N6O5S. The van der Waals surface area contributed by atoms with E-state index >= 15 is 0 Å². The number of hydrogen-bond donors (Lipinski definition) is 3. The molecule has 1 atom stereocenters. The Morgan fingerprint density at radius 2 is 1.73 bits per heavy atom. The van der Waals surface area contributed by atoms with Gasteiger partial charge in [0.15, 0.2) is 0 Å². The van der Waals surface area contributed by atoms with Gasteiger partial charge in [-0.3, -0.25) is 9.59 Å². The molecule has 1 aliphatic heterocycles. The largest absolute Gasteiger partial charge is 0.369 e. The van der Waals surface area contributed by atoms with Crippen LogP contribution in [0, 0.1) is 0 Å². The van der Waals surface area contributed by atoms with Gasteiger partial charge in [-0.25, -0.2) is 18.4 Å². The number of nitrogens with zero attached hydrogens (tertiary/aromatic N) is 3. The summed E-state index contributed by atoms with van der Waals surface area (Å²) in [5, 5.41) is 6.00. The molecule has 1 fully saturated rings. The van der Waals surface area contributed by atoms with E-state index in [0.717, 1.165) is 31.6 Å². The number of aromatic nitrogens is 2. The smallest absolute Gasteiger partial charge is 0.327 e. The summed E-state index contributed by atoms with van der Waals surface area (Å²) >= 11 is 0. The van der Waals surface area contributed by atoms with Crippen LogP contribution in [-0.4, -0.2) is 55.9 Å². The average molecular weight is 525 g/mol. The van der Waals surface area contributed by atoms with Gasteiger partial charge < -0.3 is 20.4 Å². The lowest BCUT2D eigenvalue weighted by atomic mass is 10.0. The topological polar surface area (TPSA) is 143 Å². The molecule has 4 rings (SSSR count). The first-order chi connectivity index (χ1) is 17.9. The summed E-state index contributed by atoms with van der Waals surface area (Å²) in [7, 11) is -3.97. The molecule has 0 radical (unpaired) electrons. The predicted molar refractivity (Wildman–Crippen MR) is 137 cm³/mol. The van der Waals surface area contributed by atoms with Crippen LogP contribution in [0.3, 0.4) is 0 Å². The van der Waals surface area contributed by atoms with Crippen LogP contribution < -0.4 is 20.4 Å². The molecule has 2 aromatic carbocycles. The lowest BCUT2D eigenvalue weighted by Crippen LogP contribution is -2.42. The Morgan fingerprint density at radius 3 is 2.46 bits per heavy atom. The molecule has 1 aliphatic rings. The fourth-order valence-corrected chi connectivity index (χ4v) is 4.70. The van der Waals surface area contributed by atoms with Gasteiger partial charge in [0.1, 0.15) is 0 Å². The fourth-order valence-electron chi connectivity index (χ4n) is 3.89. The van der Waals surface area contributed by atoms with Crippen molar-refractivity contribution in [2.75, 3.05) is 29.9 Å². The summed E-state index contributed by atoms with van der Waals surface area (Å²) in [4.78, 5) is 41.4. The van der Waals surface area contributed by atoms with E-state index in [-0.39, 0.29) is 29.8 Å². The number of anilines is 2. The first-order valence-electron chi connectivity index (χ1n) is 11.8. The molecule has 11 nitrogen and oxygen atoms in total. The second-order valence-electron chi connectivity index (χ2n) is 8.43. The third-order valence-electron chi connectivity index (χ3n) is 5.75. The number of amides is 1. The number of carbonyl (C=O) groups excluding carboxylic acids is 2. The van der Waals surface area contributed by atoms with Gasteiger partial charge in [-0.05, 0) is 60.2 Å². The molecule has 0 bridgehead atoms. The van der Waals surface area contributed by atoms with Crippen LogP contribution in [0.4, 0.5) is 11.6 Å². The standard InChI is InChI=1S/C25H28N6O5S/c32-23(36-30-37(34,35)22-7-2-1-3-8-22)13-16-26-24(33)19-9-11-21(12-10-19)31-17-4-6-20(18-31)29-25-27-14-5-15-28-25/h1-3,5,7-12,14-15,20,30H,4,6,13,16-18H2,(H,26,33)(H,27,28,29)/t20-/m0/s1. The molecule has 0 aliphatic carbocycles. The second-order valence-corrected chi connectivity index (χ2v) is 10.1. The highest BCUT2D eigenvalue weighted by Crippen LogP contribution is 2.22. The Labute approximate surface area is 215 Å². The van der Waals surface area contributed by atoms with Crippen LogP contribution in [-0.2, 0) is 19.7 Å². The van der Waals surface area contributed by atoms with Crippen LogP contribution in [0.5, 0.6) is 0 Å². The zero-order valence-electron chi connectivity index (χ0n) is 20.0. The van der Waals surface area contributed by atoms with Gasteiger partial charge in [-0.15, -0.1) is 0 Å². The zero-order valence-corrected chi connectivity index (χ0v) is 20.9. The van der Waals surface area contributed by atoms with E-state index in [9.17, 15) is 18.0 Å². The highest BCUT2D eigenvalue weighted by atomic mass is 32.2. The van der Waals surface area contributed by atoms with E-state index < -0.39 is 16.0 Å². The molecule has 37 heavy (non-hydrogen) atoms. The number of sulfonamides is 1. The highest BCUT2D eigenvalue weighted by Gasteiger charge is 2.21. The lowest BCUT2D eigenvalue weighted by molar-refractivity contribution is -0.146. The summed E-state index contributed by atoms with van der Waals surface area (Å²) in [5.41, 5.74) is 1.46. The molecule has 3 aromatic rings. The maximum Gasteiger partial charge on any atom is 0.327 e. The van der Waals surface area contributed by atoms with E-state index in [4.69, 9.17) is 0 Å². The summed E-state index contributed by atoms with van der Waals surface area (Å²) in [6.45, 7) is 1.70. The maximum absolute atomic E-state index is 12.5. The van der Waals surface area contributed by atoms with Gasteiger partial charge in [0.05, 0.1) is 11.3 Å². The highest BCUT2D eigenvalue weighted by molar-refractivity contribution is 7.89. The van der Waals surface area contributed by atoms with Crippen molar-refractivity contribution in [2.24, 2.45) is 0 Å². The van der Waals surface area contributed by atoms with Crippen LogP contribution in [0.15, 0.2) is 78.0 Å². The van der Waals surface area contributed by atoms with Crippen LogP contribution in [0.2, 0.25) is 0 Å². The van der Waals surface area contributed by atoms with Crippen LogP contribution in [0.1, 0.15) is 29.6 Å². The molecular weight excluding hydrogens is 496 g/mol. The molecule has 12 heteroatoms. The van der Waals surface area contributed by atoms with E-state index in [1.807, 2.05) is 12.1 Å². The Bertz CT molecular complexity index is 1290. The second kappa shape index (κ2) is 12.3. The van der Waals surface area contributed by atoms with Gasteiger partial charge in [0.2, 0.25) is 5.95 Å². The number of benzene rings is 2. The normalized spacial score (nSPS) is 15.6. The average Bonchev–Trinajstić information content (AvgIpc) is 2.93. The van der Waals surface area contributed by atoms with Crippen molar-refractivity contribution in [2.45, 2.75) is 30.2 Å². The van der Waals surface area contributed by atoms with Crippen molar-refractivity contribution in [1.82, 2.24) is 20.2 Å². The molecule has 2 heterocycles.